The third kappa shape index (κ3) is 6.35. The molecule has 1 aromatic heterocycles. The first kappa shape index (κ1) is 31.8. The molecule has 8 aromatic rings. The van der Waals surface area contributed by atoms with E-state index in [-0.39, 0.29) is 0 Å². The molecule has 0 aliphatic heterocycles. The molecule has 0 atom stereocenters. The number of anilines is 1. The monoisotopic (exact) mass is 678 g/mol. The Kier molecular flexibility index (Phi) is 8.31. The Morgan fingerprint density at radius 1 is 0.453 bits per heavy atom. The lowest BCUT2D eigenvalue weighted by Crippen LogP contribution is -2.19. The maximum absolute atomic E-state index is 9.26. The summed E-state index contributed by atoms with van der Waals surface area (Å²) in [6.45, 7) is 0. The van der Waals surface area contributed by atoms with E-state index in [0.29, 0.717) is 11.4 Å². The normalized spacial score (nSPS) is 13.6. The van der Waals surface area contributed by atoms with E-state index in [1.54, 1.807) is 6.20 Å². The van der Waals surface area contributed by atoms with Gasteiger partial charge in [-0.25, -0.2) is 0 Å². The molecule has 0 unspecified atom stereocenters. The van der Waals surface area contributed by atoms with Gasteiger partial charge in [0.15, 0.2) is 0 Å². The van der Waals surface area contributed by atoms with Crippen molar-refractivity contribution in [3.8, 4) is 33.4 Å². The fraction of sp³-hybridized carbons (Fsp3) is 0. The van der Waals surface area contributed by atoms with E-state index >= 15 is 0 Å². The zero-order chi connectivity index (χ0) is 35.6. The fourth-order valence-corrected chi connectivity index (χ4v) is 7.16. The quantitative estimate of drug-likeness (QED) is 0.130. The number of nitrogens with zero attached hydrogens (tertiary/aromatic N) is 2. The van der Waals surface area contributed by atoms with E-state index in [2.05, 4.69) is 162 Å². The largest absolute Gasteiger partial charge is 0.299 e. The molecule has 1 aliphatic carbocycles. The minimum atomic E-state index is 0.341. The number of aromatic nitrogens is 1. The summed E-state index contributed by atoms with van der Waals surface area (Å²) in [5, 5.41) is 19.0. The Morgan fingerprint density at radius 3 is 1.60 bits per heavy atom. The van der Waals surface area contributed by atoms with E-state index in [1.807, 2.05) is 36.5 Å². The van der Waals surface area contributed by atoms with Gasteiger partial charge < -0.3 is 0 Å². The molecule has 0 radical (unpaired) electrons. The number of nitrogens with one attached hydrogen (secondary N) is 2. The van der Waals surface area contributed by atoms with Crippen molar-refractivity contribution in [3.05, 3.63) is 206 Å². The average Bonchev–Trinajstić information content (AvgIpc) is 3.23. The Hall–Kier alpha value is -7.17. The van der Waals surface area contributed by atoms with Crippen LogP contribution in [0.1, 0.15) is 11.1 Å². The summed E-state index contributed by atoms with van der Waals surface area (Å²) in [5.41, 5.74) is 15.7. The van der Waals surface area contributed by atoms with Crippen LogP contribution in [-0.4, -0.2) is 16.4 Å². The second-order valence-corrected chi connectivity index (χ2v) is 13.2. The molecule has 0 fully saturated rings. The van der Waals surface area contributed by atoms with Gasteiger partial charge in [-0.05, 0) is 102 Å². The molecule has 0 amide bonds. The van der Waals surface area contributed by atoms with E-state index in [1.165, 1.54) is 32.7 Å². The van der Waals surface area contributed by atoms with Gasteiger partial charge in [0.25, 0.3) is 0 Å². The highest BCUT2D eigenvalue weighted by Gasteiger charge is 2.21. The van der Waals surface area contributed by atoms with Gasteiger partial charge in [-0.15, -0.1) is 0 Å². The molecule has 53 heavy (non-hydrogen) atoms. The standard InChI is InChI=1S/C49H34N4/c50-48-31-41(34-17-19-37(20-18-34)45-15-5-10-35-8-1-3-13-43(35)45)30-47(49(48)53-52-42-27-25-33(26-28-42)40-12-7-29-51-32-40)39-23-21-38(22-24-39)46-16-6-11-36-9-2-4-14-44(36)46/h1-32,50,52H/b50-48?,53-49-. The van der Waals surface area contributed by atoms with Crippen molar-refractivity contribution in [1.82, 2.24) is 4.98 Å². The van der Waals surface area contributed by atoms with Crippen molar-refractivity contribution in [2.45, 2.75) is 0 Å². The Morgan fingerprint density at radius 2 is 1.00 bits per heavy atom. The van der Waals surface area contributed by atoms with Gasteiger partial charge in [-0.2, -0.15) is 5.10 Å². The molecule has 0 bridgehead atoms. The number of allylic oxidation sites excluding steroid dienone is 4. The third-order valence-corrected chi connectivity index (χ3v) is 9.90. The molecule has 250 valence electrons. The van der Waals surface area contributed by atoms with Crippen LogP contribution in [0.5, 0.6) is 0 Å². The van der Waals surface area contributed by atoms with Crippen molar-refractivity contribution in [3.63, 3.8) is 0 Å². The lowest BCUT2D eigenvalue weighted by atomic mass is 9.87. The molecular weight excluding hydrogens is 645 g/mol. The van der Waals surface area contributed by atoms with Crippen molar-refractivity contribution in [1.29, 1.82) is 5.41 Å². The first-order chi connectivity index (χ1) is 26.2. The predicted octanol–water partition coefficient (Wildman–Crippen LogP) is 12.4. The molecule has 1 heterocycles. The van der Waals surface area contributed by atoms with Crippen LogP contribution in [0.15, 0.2) is 200 Å². The van der Waals surface area contributed by atoms with Gasteiger partial charge in [0.2, 0.25) is 0 Å². The van der Waals surface area contributed by atoms with Crippen LogP contribution in [-0.2, 0) is 0 Å². The van der Waals surface area contributed by atoms with Crippen molar-refractivity contribution < 1.29 is 0 Å². The van der Waals surface area contributed by atoms with Crippen LogP contribution in [0.25, 0.3) is 66.1 Å². The van der Waals surface area contributed by atoms with Gasteiger partial charge in [0.05, 0.1) is 11.4 Å². The van der Waals surface area contributed by atoms with Crippen LogP contribution >= 0.6 is 0 Å². The number of hydrogen-bond donors (Lipinski definition) is 2. The minimum absolute atomic E-state index is 0.341. The molecule has 2 N–H and O–H groups in total. The van der Waals surface area contributed by atoms with E-state index in [0.717, 1.165) is 50.2 Å². The molecule has 1 aliphatic rings. The highest BCUT2D eigenvalue weighted by Crippen LogP contribution is 2.35. The summed E-state index contributed by atoms with van der Waals surface area (Å²) in [5.74, 6) is 0. The summed E-state index contributed by atoms with van der Waals surface area (Å²) >= 11 is 0. The Balaban J connectivity index is 1.07. The second kappa shape index (κ2) is 13.9. The van der Waals surface area contributed by atoms with Crippen LogP contribution in [0.4, 0.5) is 5.69 Å². The van der Waals surface area contributed by atoms with Crippen molar-refractivity contribution in [2.75, 3.05) is 5.43 Å². The predicted molar refractivity (Wildman–Crippen MR) is 223 cm³/mol. The van der Waals surface area contributed by atoms with Gasteiger partial charge in [0, 0.05) is 18.0 Å². The number of pyridine rings is 1. The van der Waals surface area contributed by atoms with Gasteiger partial charge in [-0.1, -0.05) is 152 Å². The molecule has 0 saturated heterocycles. The zero-order valence-corrected chi connectivity index (χ0v) is 28.9. The number of hydrogen-bond acceptors (Lipinski definition) is 4. The van der Waals surface area contributed by atoms with Crippen molar-refractivity contribution >= 4 is 49.8 Å². The molecule has 9 rings (SSSR count). The fourth-order valence-electron chi connectivity index (χ4n) is 7.16. The van der Waals surface area contributed by atoms with Crippen LogP contribution in [0.3, 0.4) is 0 Å². The van der Waals surface area contributed by atoms with E-state index < -0.39 is 0 Å². The van der Waals surface area contributed by atoms with Crippen molar-refractivity contribution in [2.24, 2.45) is 5.10 Å². The summed E-state index contributed by atoms with van der Waals surface area (Å²) in [6.07, 6.45) is 7.70. The molecule has 4 nitrogen and oxygen atoms in total. The van der Waals surface area contributed by atoms with Gasteiger partial charge in [0.1, 0.15) is 5.71 Å². The first-order valence-electron chi connectivity index (χ1n) is 17.7. The second-order valence-electron chi connectivity index (χ2n) is 13.2. The number of fused-ring (bicyclic) bond motifs is 2. The number of hydrazone groups is 1. The summed E-state index contributed by atoms with van der Waals surface area (Å²) in [4.78, 5) is 4.25. The van der Waals surface area contributed by atoms with Gasteiger partial charge >= 0.3 is 0 Å². The zero-order valence-electron chi connectivity index (χ0n) is 28.9. The Labute approximate surface area is 308 Å². The maximum atomic E-state index is 9.26. The Bertz CT molecular complexity index is 2710. The average molecular weight is 679 g/mol. The highest BCUT2D eigenvalue weighted by molar-refractivity contribution is 6.62. The third-order valence-electron chi connectivity index (χ3n) is 9.90. The molecule has 4 heteroatoms. The first-order valence-corrected chi connectivity index (χ1v) is 17.7. The number of benzene rings is 7. The minimum Gasteiger partial charge on any atom is -0.299 e. The molecule has 0 spiro atoms. The molecular formula is C49H34N4. The highest BCUT2D eigenvalue weighted by atomic mass is 15.3. The molecule has 0 saturated carbocycles. The topological polar surface area (TPSA) is 61.1 Å². The maximum Gasteiger partial charge on any atom is 0.116 e. The number of rotatable bonds is 7. The van der Waals surface area contributed by atoms with Crippen LogP contribution in [0.2, 0.25) is 0 Å². The SMILES string of the molecule is N=C1C=C(c2ccc(-c3cccc4ccccc34)cc2)C=C(c2ccc(-c3cccc4ccccc34)cc2)/C1=N/Nc1ccc(-c2cccnc2)cc1. The lowest BCUT2D eigenvalue weighted by molar-refractivity contribution is 1.32. The smallest absolute Gasteiger partial charge is 0.116 e. The van der Waals surface area contributed by atoms with Crippen LogP contribution in [0, 0.1) is 5.41 Å². The van der Waals surface area contributed by atoms with Gasteiger partial charge in [-0.3, -0.25) is 15.8 Å². The van der Waals surface area contributed by atoms with E-state index in [9.17, 15) is 5.41 Å². The van der Waals surface area contributed by atoms with Crippen LogP contribution < -0.4 is 5.43 Å². The lowest BCUT2D eigenvalue weighted by Gasteiger charge is -2.19. The summed E-state index contributed by atoms with van der Waals surface area (Å²) < 4.78 is 0. The summed E-state index contributed by atoms with van der Waals surface area (Å²) in [7, 11) is 0. The van der Waals surface area contributed by atoms with E-state index in [4.69, 9.17) is 5.10 Å². The summed E-state index contributed by atoms with van der Waals surface area (Å²) in [6, 6.07) is 59.2. The molecule has 7 aromatic carbocycles.